The number of primary amides is 1. The van der Waals surface area contributed by atoms with Crippen molar-refractivity contribution in [1.29, 1.82) is 10.8 Å². The molecule has 0 aromatic heterocycles. The van der Waals surface area contributed by atoms with Crippen LogP contribution in [0.2, 0.25) is 0 Å². The largest absolute Gasteiger partial charge is 0.370 e. The van der Waals surface area contributed by atoms with Crippen LogP contribution in [-0.4, -0.2) is 79.2 Å². The van der Waals surface area contributed by atoms with E-state index in [1.807, 2.05) is 0 Å². The van der Waals surface area contributed by atoms with Gasteiger partial charge in [0.05, 0.1) is 0 Å². The lowest BCUT2D eigenvalue weighted by Crippen LogP contribution is -2.56. The van der Waals surface area contributed by atoms with Crippen LogP contribution in [0.25, 0.3) is 0 Å². The van der Waals surface area contributed by atoms with Gasteiger partial charge in [-0.15, -0.1) is 0 Å². The third kappa shape index (κ3) is 17.1. The second-order valence-corrected chi connectivity index (χ2v) is 9.83. The Balaban J connectivity index is 5.50. The molecule has 16 heteroatoms. The molecule has 0 aromatic carbocycles. The van der Waals surface area contributed by atoms with Crippen molar-refractivity contribution in [2.75, 3.05) is 19.6 Å². The standard InChI is InChI=1S/C26H47N11O5/c1-15(2)21(39)32-12-6-5-9-17(20(27)38)35-23(41)19(11-8-14-34-26(30)31)37-24(42)18(36-22(40)16(3)4)10-7-13-33-25(28)29/h17-19H,1,3,5-14H2,2,4H3,(H2,27,38)(H,32,39)(H,35,41)(H,36,40)(H,37,42)(H4,28,29,33)(H4,30,31,34). The van der Waals surface area contributed by atoms with E-state index in [0.717, 1.165) is 0 Å². The van der Waals surface area contributed by atoms with Crippen LogP contribution in [0.5, 0.6) is 0 Å². The van der Waals surface area contributed by atoms with Crippen molar-refractivity contribution < 1.29 is 24.0 Å². The fraction of sp³-hybridized carbons (Fsp3) is 0.577. The van der Waals surface area contributed by atoms with Crippen LogP contribution in [0, 0.1) is 10.8 Å². The summed E-state index contributed by atoms with van der Waals surface area (Å²) in [5.74, 6) is -3.38. The van der Waals surface area contributed by atoms with Gasteiger partial charge in [0.1, 0.15) is 18.1 Å². The second kappa shape index (κ2) is 20.3. The summed E-state index contributed by atoms with van der Waals surface area (Å²) >= 11 is 0. The SMILES string of the molecule is C=C(C)C(=O)NCCCCC(NC(=O)C(CCCNC(=N)N)NC(=O)C(CCCNC(=N)N)NC(=O)C(=C)C)C(N)=O. The molecule has 0 saturated carbocycles. The molecule has 0 rings (SSSR count). The van der Waals surface area contributed by atoms with Crippen LogP contribution in [-0.2, 0) is 24.0 Å². The summed E-state index contributed by atoms with van der Waals surface area (Å²) in [5, 5.41) is 30.3. The number of nitrogens with two attached hydrogens (primary N) is 3. The molecular formula is C26H47N11O5. The maximum atomic E-state index is 13.2. The van der Waals surface area contributed by atoms with Crippen molar-refractivity contribution in [2.45, 2.75) is 76.9 Å². The second-order valence-electron chi connectivity index (χ2n) is 9.83. The zero-order valence-corrected chi connectivity index (χ0v) is 24.5. The molecule has 0 radical (unpaired) electrons. The monoisotopic (exact) mass is 593 g/mol. The van der Waals surface area contributed by atoms with Crippen LogP contribution in [0.4, 0.5) is 0 Å². The van der Waals surface area contributed by atoms with Gasteiger partial charge in [-0.3, -0.25) is 34.8 Å². The van der Waals surface area contributed by atoms with Gasteiger partial charge in [-0.2, -0.15) is 0 Å². The Labute approximate surface area is 246 Å². The topological polar surface area (TPSA) is 283 Å². The predicted octanol–water partition coefficient (Wildman–Crippen LogP) is -2.11. The molecule has 0 bridgehead atoms. The molecule has 0 fully saturated rings. The van der Waals surface area contributed by atoms with Crippen LogP contribution in [0.1, 0.15) is 58.8 Å². The van der Waals surface area contributed by atoms with E-state index in [9.17, 15) is 24.0 Å². The maximum absolute atomic E-state index is 13.2. The van der Waals surface area contributed by atoms with E-state index < -0.39 is 41.8 Å². The minimum absolute atomic E-state index is 0.114. The molecule has 16 nitrogen and oxygen atoms in total. The van der Waals surface area contributed by atoms with E-state index in [2.05, 4.69) is 45.1 Å². The Kier molecular flexibility index (Phi) is 18.0. The normalized spacial score (nSPS) is 12.4. The van der Waals surface area contributed by atoms with Gasteiger partial charge in [0.2, 0.25) is 29.5 Å². The highest BCUT2D eigenvalue weighted by Crippen LogP contribution is 2.06. The summed E-state index contributed by atoms with van der Waals surface area (Å²) in [5.41, 5.74) is 16.7. The summed E-state index contributed by atoms with van der Waals surface area (Å²) < 4.78 is 0. The molecule has 0 heterocycles. The number of hydrogen-bond donors (Lipinski definition) is 11. The molecule has 3 unspecified atom stereocenters. The van der Waals surface area contributed by atoms with Crippen LogP contribution in [0.3, 0.4) is 0 Å². The fourth-order valence-electron chi connectivity index (χ4n) is 3.53. The molecule has 0 saturated heterocycles. The number of hydrogen-bond acceptors (Lipinski definition) is 7. The maximum Gasteiger partial charge on any atom is 0.246 e. The van der Waals surface area contributed by atoms with Crippen molar-refractivity contribution in [1.82, 2.24) is 31.9 Å². The van der Waals surface area contributed by atoms with Gasteiger partial charge in [-0.25, -0.2) is 0 Å². The summed E-state index contributed by atoms with van der Waals surface area (Å²) in [6.07, 6.45) is 2.17. The Morgan fingerprint density at radius 1 is 0.595 bits per heavy atom. The van der Waals surface area contributed by atoms with E-state index in [4.69, 9.17) is 28.0 Å². The van der Waals surface area contributed by atoms with Gasteiger partial charge in [-0.05, 0) is 58.8 Å². The molecule has 3 atom stereocenters. The third-order valence-electron chi connectivity index (χ3n) is 5.87. The van der Waals surface area contributed by atoms with Crippen LogP contribution < -0.4 is 49.1 Å². The van der Waals surface area contributed by atoms with Crippen molar-refractivity contribution in [3.63, 3.8) is 0 Å². The number of carbonyl (C=O) groups is 5. The highest BCUT2D eigenvalue weighted by atomic mass is 16.2. The van der Waals surface area contributed by atoms with Crippen molar-refractivity contribution in [3.05, 3.63) is 24.3 Å². The molecular weight excluding hydrogens is 546 g/mol. The van der Waals surface area contributed by atoms with Gasteiger partial charge in [0.15, 0.2) is 11.9 Å². The first-order chi connectivity index (χ1) is 19.6. The first kappa shape index (κ1) is 37.4. The van der Waals surface area contributed by atoms with Crippen molar-refractivity contribution in [3.8, 4) is 0 Å². The first-order valence-corrected chi connectivity index (χ1v) is 13.6. The zero-order chi connectivity index (χ0) is 32.2. The third-order valence-corrected chi connectivity index (χ3v) is 5.87. The number of nitrogens with one attached hydrogen (secondary N) is 8. The molecule has 14 N–H and O–H groups in total. The summed E-state index contributed by atoms with van der Waals surface area (Å²) in [6, 6.07) is -3.17. The number of amides is 5. The molecule has 0 aliphatic heterocycles. The highest BCUT2D eigenvalue weighted by molar-refractivity contribution is 5.97. The van der Waals surface area contributed by atoms with Gasteiger partial charge in [0.25, 0.3) is 0 Å². The lowest BCUT2D eigenvalue weighted by molar-refractivity contribution is -0.133. The molecule has 5 amide bonds. The smallest absolute Gasteiger partial charge is 0.246 e. The summed E-state index contributed by atoms with van der Waals surface area (Å²) in [6.45, 7) is 11.1. The van der Waals surface area contributed by atoms with Crippen LogP contribution in [0.15, 0.2) is 24.3 Å². The van der Waals surface area contributed by atoms with Gasteiger partial charge < -0.3 is 49.1 Å². The minimum atomic E-state index is -1.11. The van der Waals surface area contributed by atoms with Crippen molar-refractivity contribution >= 4 is 41.5 Å². The lowest BCUT2D eigenvalue weighted by Gasteiger charge is -2.25. The number of guanidine groups is 2. The fourth-order valence-corrected chi connectivity index (χ4v) is 3.53. The average molecular weight is 594 g/mol. The molecule has 0 aliphatic rings. The quantitative estimate of drug-likeness (QED) is 0.0300. The minimum Gasteiger partial charge on any atom is -0.370 e. The number of unbranched alkanes of at least 4 members (excludes halogenated alkanes) is 1. The predicted molar refractivity (Wildman–Crippen MR) is 160 cm³/mol. The average Bonchev–Trinajstić information content (AvgIpc) is 2.89. The molecule has 0 aromatic rings. The molecule has 236 valence electrons. The Bertz CT molecular complexity index is 1010. The lowest BCUT2D eigenvalue weighted by atomic mass is 10.0. The van der Waals surface area contributed by atoms with Gasteiger partial charge in [0, 0.05) is 30.8 Å². The first-order valence-electron chi connectivity index (χ1n) is 13.6. The van der Waals surface area contributed by atoms with E-state index >= 15 is 0 Å². The highest BCUT2D eigenvalue weighted by Gasteiger charge is 2.29. The summed E-state index contributed by atoms with van der Waals surface area (Å²) in [4.78, 5) is 62.4. The van der Waals surface area contributed by atoms with Gasteiger partial charge in [-0.1, -0.05) is 13.2 Å². The molecule has 0 aliphatic carbocycles. The Morgan fingerprint density at radius 3 is 1.43 bits per heavy atom. The van der Waals surface area contributed by atoms with E-state index in [0.29, 0.717) is 37.8 Å². The zero-order valence-electron chi connectivity index (χ0n) is 24.5. The number of carbonyl (C=O) groups excluding carboxylic acids is 5. The Morgan fingerprint density at radius 2 is 1.00 bits per heavy atom. The Hall–Kier alpha value is -4.63. The van der Waals surface area contributed by atoms with Crippen molar-refractivity contribution in [2.24, 2.45) is 17.2 Å². The number of rotatable bonds is 21. The van der Waals surface area contributed by atoms with Gasteiger partial charge >= 0.3 is 0 Å². The summed E-state index contributed by atoms with van der Waals surface area (Å²) in [7, 11) is 0. The van der Waals surface area contributed by atoms with E-state index in [-0.39, 0.29) is 55.8 Å². The van der Waals surface area contributed by atoms with Crippen LogP contribution >= 0.6 is 0 Å². The van der Waals surface area contributed by atoms with E-state index in [1.165, 1.54) is 6.92 Å². The molecule has 42 heavy (non-hydrogen) atoms. The molecule has 0 spiro atoms. The van der Waals surface area contributed by atoms with E-state index in [1.54, 1.807) is 6.92 Å².